The van der Waals surface area contributed by atoms with E-state index in [1.54, 1.807) is 0 Å². The molecule has 1 N–H and O–H groups in total. The molecule has 0 amide bonds. The summed E-state index contributed by atoms with van der Waals surface area (Å²) in [5.41, 5.74) is 4.40. The van der Waals surface area contributed by atoms with Crippen LogP contribution in [0, 0.1) is 0 Å². The molecular weight excluding hydrogens is 314 g/mol. The summed E-state index contributed by atoms with van der Waals surface area (Å²) in [7, 11) is 0. The van der Waals surface area contributed by atoms with Crippen molar-refractivity contribution in [2.75, 3.05) is 19.8 Å². The van der Waals surface area contributed by atoms with Crippen molar-refractivity contribution in [3.8, 4) is 5.75 Å². The van der Waals surface area contributed by atoms with Crippen LogP contribution in [0.4, 0.5) is 0 Å². The molecule has 138 valence electrons. The first-order chi connectivity index (χ1) is 12.3. The molecule has 0 aromatic heterocycles. The normalized spacial score (nSPS) is 18.4. The Morgan fingerprint density at radius 3 is 2.92 bits per heavy atom. The molecule has 1 atom stereocenters. The molecule has 1 aliphatic carbocycles. The van der Waals surface area contributed by atoms with Gasteiger partial charge in [-0.15, -0.1) is 0 Å². The first-order valence-corrected chi connectivity index (χ1v) is 9.92. The van der Waals surface area contributed by atoms with Gasteiger partial charge in [-0.05, 0) is 68.3 Å². The molecule has 1 unspecified atom stereocenters. The van der Waals surface area contributed by atoms with Crippen molar-refractivity contribution in [1.82, 2.24) is 5.32 Å². The first kappa shape index (κ1) is 18.2. The molecule has 4 heteroatoms. The molecule has 0 saturated carbocycles. The van der Waals surface area contributed by atoms with Crippen LogP contribution in [-0.2, 0) is 28.8 Å². The Hall–Kier alpha value is -1.55. The van der Waals surface area contributed by atoms with Crippen molar-refractivity contribution in [3.05, 3.63) is 28.8 Å². The summed E-state index contributed by atoms with van der Waals surface area (Å²) < 4.78 is 10.7. The van der Waals surface area contributed by atoms with Crippen LogP contribution in [0.15, 0.2) is 12.1 Å². The van der Waals surface area contributed by atoms with Gasteiger partial charge in [0.2, 0.25) is 0 Å². The molecule has 0 radical (unpaired) electrons. The number of ether oxygens (including phenoxy) is 2. The third-order valence-electron chi connectivity index (χ3n) is 5.29. The van der Waals surface area contributed by atoms with Gasteiger partial charge in [-0.3, -0.25) is 4.79 Å². The predicted octanol–water partition coefficient (Wildman–Crippen LogP) is 3.58. The molecule has 0 fully saturated rings. The summed E-state index contributed by atoms with van der Waals surface area (Å²) >= 11 is 0. The monoisotopic (exact) mass is 345 g/mol. The number of fused-ring (bicyclic) bond motifs is 2. The largest absolute Gasteiger partial charge is 0.493 e. The van der Waals surface area contributed by atoms with E-state index in [1.807, 2.05) is 6.92 Å². The van der Waals surface area contributed by atoms with Crippen LogP contribution in [0.1, 0.15) is 62.1 Å². The fourth-order valence-electron chi connectivity index (χ4n) is 3.90. The van der Waals surface area contributed by atoms with Crippen molar-refractivity contribution in [1.29, 1.82) is 0 Å². The van der Waals surface area contributed by atoms with E-state index in [-0.39, 0.29) is 5.97 Å². The minimum absolute atomic E-state index is 0.0584. The van der Waals surface area contributed by atoms with E-state index < -0.39 is 0 Å². The van der Waals surface area contributed by atoms with Crippen LogP contribution in [0.25, 0.3) is 0 Å². The summed E-state index contributed by atoms with van der Waals surface area (Å²) in [6.45, 7) is 4.26. The zero-order valence-electron chi connectivity index (χ0n) is 15.4. The lowest BCUT2D eigenvalue weighted by molar-refractivity contribution is -0.143. The lowest BCUT2D eigenvalue weighted by Gasteiger charge is -2.26. The topological polar surface area (TPSA) is 47.6 Å². The number of rotatable bonds is 9. The molecule has 4 nitrogen and oxygen atoms in total. The molecule has 0 spiro atoms. The number of aryl methyl sites for hydroxylation is 1. The van der Waals surface area contributed by atoms with Gasteiger partial charge in [0, 0.05) is 18.9 Å². The number of nitrogens with one attached hydrogen (secondary N) is 1. The standard InChI is InChI=1S/C21H31NO3/c1-2-24-21(23)7-5-3-4-6-11-22-19-9-8-16-13-17-10-12-25-20(17)15-18(16)14-19/h13,15,19,22H,2-12,14H2,1H3. The molecule has 1 aromatic carbocycles. The average Bonchev–Trinajstić information content (AvgIpc) is 3.06. The molecule has 1 aliphatic heterocycles. The highest BCUT2D eigenvalue weighted by atomic mass is 16.5. The molecule has 0 bridgehead atoms. The molecule has 0 saturated heterocycles. The Bertz CT molecular complexity index is 585. The van der Waals surface area contributed by atoms with Crippen molar-refractivity contribution >= 4 is 5.97 Å². The lowest BCUT2D eigenvalue weighted by Crippen LogP contribution is -2.35. The van der Waals surface area contributed by atoms with E-state index >= 15 is 0 Å². The Morgan fingerprint density at radius 1 is 1.16 bits per heavy atom. The number of carbonyl (C=O) groups excluding carboxylic acids is 1. The molecule has 2 aliphatic rings. The quantitative estimate of drug-likeness (QED) is 0.549. The highest BCUT2D eigenvalue weighted by Gasteiger charge is 2.22. The third kappa shape index (κ3) is 5.21. The number of benzene rings is 1. The fourth-order valence-corrected chi connectivity index (χ4v) is 3.90. The Morgan fingerprint density at radius 2 is 2.04 bits per heavy atom. The Labute approximate surface area is 151 Å². The highest BCUT2D eigenvalue weighted by Crippen LogP contribution is 2.32. The smallest absolute Gasteiger partial charge is 0.305 e. The maximum Gasteiger partial charge on any atom is 0.305 e. The summed E-state index contributed by atoms with van der Waals surface area (Å²) in [6, 6.07) is 5.24. The zero-order chi connectivity index (χ0) is 17.5. The van der Waals surface area contributed by atoms with Crippen LogP contribution in [0.5, 0.6) is 5.75 Å². The first-order valence-electron chi connectivity index (χ1n) is 9.92. The van der Waals surface area contributed by atoms with Gasteiger partial charge in [0.15, 0.2) is 0 Å². The minimum Gasteiger partial charge on any atom is -0.493 e. The van der Waals surface area contributed by atoms with Gasteiger partial charge in [-0.1, -0.05) is 18.9 Å². The van der Waals surface area contributed by atoms with Crippen molar-refractivity contribution in [2.45, 2.75) is 70.8 Å². The van der Waals surface area contributed by atoms with E-state index in [0.29, 0.717) is 19.1 Å². The second-order valence-corrected chi connectivity index (χ2v) is 7.19. The van der Waals surface area contributed by atoms with Crippen molar-refractivity contribution < 1.29 is 14.3 Å². The van der Waals surface area contributed by atoms with Crippen LogP contribution < -0.4 is 10.1 Å². The minimum atomic E-state index is -0.0584. The average molecular weight is 345 g/mol. The van der Waals surface area contributed by atoms with Gasteiger partial charge in [-0.2, -0.15) is 0 Å². The van der Waals surface area contributed by atoms with Gasteiger partial charge in [0.05, 0.1) is 13.2 Å². The maximum absolute atomic E-state index is 11.3. The molecular formula is C21H31NO3. The van der Waals surface area contributed by atoms with Crippen molar-refractivity contribution in [2.24, 2.45) is 0 Å². The maximum atomic E-state index is 11.3. The molecule has 1 aromatic rings. The number of carbonyl (C=O) groups is 1. The number of unbranched alkanes of at least 4 members (excludes halogenated alkanes) is 3. The third-order valence-corrected chi connectivity index (χ3v) is 5.29. The van der Waals surface area contributed by atoms with Crippen LogP contribution in [0.3, 0.4) is 0 Å². The second kappa shape index (κ2) is 9.23. The molecule has 1 heterocycles. The van der Waals surface area contributed by atoms with E-state index in [4.69, 9.17) is 9.47 Å². The van der Waals surface area contributed by atoms with Gasteiger partial charge in [0.1, 0.15) is 5.75 Å². The molecule has 25 heavy (non-hydrogen) atoms. The summed E-state index contributed by atoms with van der Waals surface area (Å²) in [5.74, 6) is 1.05. The lowest BCUT2D eigenvalue weighted by atomic mass is 9.86. The Kier molecular flexibility index (Phi) is 6.74. The van der Waals surface area contributed by atoms with Crippen molar-refractivity contribution in [3.63, 3.8) is 0 Å². The van der Waals surface area contributed by atoms with Crippen LogP contribution >= 0.6 is 0 Å². The van der Waals surface area contributed by atoms with Gasteiger partial charge < -0.3 is 14.8 Å². The van der Waals surface area contributed by atoms with Gasteiger partial charge in [0.25, 0.3) is 0 Å². The number of hydrogen-bond donors (Lipinski definition) is 1. The highest BCUT2D eigenvalue weighted by molar-refractivity contribution is 5.69. The number of esters is 1. The SMILES string of the molecule is CCOC(=O)CCCCCCNC1CCc2cc3c(cc2C1)OCC3. The fraction of sp³-hybridized carbons (Fsp3) is 0.667. The molecule has 3 rings (SSSR count). The summed E-state index contributed by atoms with van der Waals surface area (Å²) in [4.78, 5) is 11.3. The van der Waals surface area contributed by atoms with Crippen LogP contribution in [0.2, 0.25) is 0 Å². The second-order valence-electron chi connectivity index (χ2n) is 7.19. The van der Waals surface area contributed by atoms with Gasteiger partial charge >= 0.3 is 5.97 Å². The predicted molar refractivity (Wildman–Crippen MR) is 99.2 cm³/mol. The van der Waals surface area contributed by atoms with E-state index in [0.717, 1.165) is 44.6 Å². The Balaban J connectivity index is 1.31. The summed E-state index contributed by atoms with van der Waals surface area (Å²) in [6.07, 6.45) is 9.58. The van der Waals surface area contributed by atoms with E-state index in [1.165, 1.54) is 42.4 Å². The van der Waals surface area contributed by atoms with E-state index in [9.17, 15) is 4.79 Å². The van der Waals surface area contributed by atoms with Crippen LogP contribution in [-0.4, -0.2) is 31.8 Å². The van der Waals surface area contributed by atoms with Gasteiger partial charge in [-0.25, -0.2) is 0 Å². The number of hydrogen-bond acceptors (Lipinski definition) is 4. The summed E-state index contributed by atoms with van der Waals surface area (Å²) in [5, 5.41) is 3.72. The zero-order valence-corrected chi connectivity index (χ0v) is 15.4. The van der Waals surface area contributed by atoms with E-state index in [2.05, 4.69) is 17.4 Å².